The molecule has 1 aliphatic rings. The Labute approximate surface area is 146 Å². The number of rotatable bonds is 4. The predicted molar refractivity (Wildman–Crippen MR) is 94.8 cm³/mol. The van der Waals surface area contributed by atoms with Crippen LogP contribution in [0.2, 0.25) is 0 Å². The summed E-state index contributed by atoms with van der Waals surface area (Å²) in [6.07, 6.45) is 7.52. The Bertz CT molecular complexity index is 825. The Morgan fingerprint density at radius 1 is 1.40 bits per heavy atom. The number of carbonyl (C=O) groups excluding carboxylic acids is 1. The zero-order valence-electron chi connectivity index (χ0n) is 14.9. The minimum absolute atomic E-state index is 0.0159. The number of piperidine rings is 1. The van der Waals surface area contributed by atoms with Crippen LogP contribution in [0.3, 0.4) is 0 Å². The van der Waals surface area contributed by atoms with Crippen molar-refractivity contribution in [2.24, 2.45) is 14.1 Å². The normalized spacial score (nSPS) is 17.6. The third-order valence-corrected chi connectivity index (χ3v) is 4.54. The van der Waals surface area contributed by atoms with Crippen molar-refractivity contribution in [2.75, 3.05) is 18.0 Å². The van der Waals surface area contributed by atoms with Gasteiger partial charge >= 0.3 is 0 Å². The van der Waals surface area contributed by atoms with Crippen LogP contribution in [0, 0.1) is 0 Å². The third kappa shape index (κ3) is 3.57. The number of carbonyl (C=O) groups is 1. The maximum absolute atomic E-state index is 12.6. The molecule has 0 bridgehead atoms. The van der Waals surface area contributed by atoms with Gasteiger partial charge in [-0.25, -0.2) is 4.98 Å². The van der Waals surface area contributed by atoms with Crippen molar-refractivity contribution in [1.82, 2.24) is 24.6 Å². The summed E-state index contributed by atoms with van der Waals surface area (Å²) in [7, 11) is 3.53. The number of nitrogens with one attached hydrogen (secondary N) is 1. The first kappa shape index (κ1) is 17.2. The van der Waals surface area contributed by atoms with Gasteiger partial charge in [-0.15, -0.1) is 0 Å². The van der Waals surface area contributed by atoms with Gasteiger partial charge in [0.25, 0.3) is 11.5 Å². The molecule has 0 saturated carbocycles. The van der Waals surface area contributed by atoms with Gasteiger partial charge in [0.2, 0.25) is 0 Å². The Morgan fingerprint density at radius 3 is 2.96 bits per heavy atom. The van der Waals surface area contributed by atoms with Crippen molar-refractivity contribution in [2.45, 2.75) is 32.2 Å². The van der Waals surface area contributed by atoms with Crippen LogP contribution in [0.15, 0.2) is 23.4 Å². The van der Waals surface area contributed by atoms with E-state index in [1.54, 1.807) is 30.3 Å². The van der Waals surface area contributed by atoms with Crippen LogP contribution in [0.25, 0.3) is 0 Å². The van der Waals surface area contributed by atoms with E-state index in [-0.39, 0.29) is 17.5 Å². The molecular weight excluding hydrogens is 320 g/mol. The SMILES string of the molecule is CCc1nn(C)cc1C(=O)N[C@@H]1CCCN(c2nccn(C)c2=O)C1. The highest BCUT2D eigenvalue weighted by molar-refractivity contribution is 5.95. The van der Waals surface area contributed by atoms with Crippen molar-refractivity contribution in [3.8, 4) is 0 Å². The van der Waals surface area contributed by atoms with Gasteiger partial charge in [0.05, 0.1) is 11.3 Å². The molecule has 8 heteroatoms. The van der Waals surface area contributed by atoms with Crippen LogP contribution in [0.5, 0.6) is 0 Å². The first-order chi connectivity index (χ1) is 12.0. The molecule has 2 aromatic rings. The lowest BCUT2D eigenvalue weighted by atomic mass is 10.0. The monoisotopic (exact) mass is 344 g/mol. The van der Waals surface area contributed by atoms with Crippen molar-refractivity contribution < 1.29 is 4.79 Å². The number of nitrogens with zero attached hydrogens (tertiary/aromatic N) is 5. The van der Waals surface area contributed by atoms with Crippen molar-refractivity contribution in [3.05, 3.63) is 40.2 Å². The average Bonchev–Trinajstić information content (AvgIpc) is 2.99. The molecule has 2 aromatic heterocycles. The molecule has 3 rings (SSSR count). The van der Waals surface area contributed by atoms with E-state index in [1.807, 2.05) is 18.9 Å². The minimum atomic E-state index is -0.116. The molecule has 134 valence electrons. The van der Waals surface area contributed by atoms with Crippen LogP contribution >= 0.6 is 0 Å². The molecule has 1 N–H and O–H groups in total. The molecule has 1 saturated heterocycles. The summed E-state index contributed by atoms with van der Waals surface area (Å²) < 4.78 is 3.19. The molecule has 0 aromatic carbocycles. The van der Waals surface area contributed by atoms with E-state index in [4.69, 9.17) is 0 Å². The lowest BCUT2D eigenvalue weighted by molar-refractivity contribution is 0.0932. The number of aromatic nitrogens is 4. The highest BCUT2D eigenvalue weighted by Crippen LogP contribution is 2.16. The maximum atomic E-state index is 12.6. The number of hydrogen-bond acceptors (Lipinski definition) is 5. The molecule has 1 amide bonds. The topological polar surface area (TPSA) is 85.1 Å². The van der Waals surface area contributed by atoms with Crippen molar-refractivity contribution in [3.63, 3.8) is 0 Å². The first-order valence-corrected chi connectivity index (χ1v) is 8.59. The van der Waals surface area contributed by atoms with Crippen LogP contribution < -0.4 is 15.8 Å². The van der Waals surface area contributed by atoms with Crippen molar-refractivity contribution >= 4 is 11.7 Å². The summed E-state index contributed by atoms with van der Waals surface area (Å²) in [6, 6.07) is -0.0159. The lowest BCUT2D eigenvalue weighted by Gasteiger charge is -2.33. The zero-order chi connectivity index (χ0) is 18.0. The number of anilines is 1. The average molecular weight is 344 g/mol. The quantitative estimate of drug-likeness (QED) is 0.872. The maximum Gasteiger partial charge on any atom is 0.293 e. The van der Waals surface area contributed by atoms with E-state index in [2.05, 4.69) is 15.4 Å². The molecule has 25 heavy (non-hydrogen) atoms. The fourth-order valence-corrected chi connectivity index (χ4v) is 3.24. The summed E-state index contributed by atoms with van der Waals surface area (Å²) >= 11 is 0. The Kier molecular flexibility index (Phi) is 4.87. The molecule has 0 spiro atoms. The fourth-order valence-electron chi connectivity index (χ4n) is 3.24. The van der Waals surface area contributed by atoms with Crippen LogP contribution in [-0.4, -0.2) is 44.4 Å². The number of aryl methyl sites for hydroxylation is 3. The largest absolute Gasteiger partial charge is 0.350 e. The van der Waals surface area contributed by atoms with E-state index in [0.717, 1.165) is 25.1 Å². The Balaban J connectivity index is 1.72. The van der Waals surface area contributed by atoms with Crippen LogP contribution in [0.4, 0.5) is 5.82 Å². The summed E-state index contributed by atoms with van der Waals surface area (Å²) in [5, 5.41) is 7.40. The third-order valence-electron chi connectivity index (χ3n) is 4.54. The molecule has 1 atom stereocenters. The minimum Gasteiger partial charge on any atom is -0.350 e. The molecule has 8 nitrogen and oxygen atoms in total. The molecule has 0 radical (unpaired) electrons. The van der Waals surface area contributed by atoms with Gasteiger partial charge in [-0.2, -0.15) is 5.10 Å². The second-order valence-corrected chi connectivity index (χ2v) is 6.44. The van der Waals surface area contributed by atoms with Crippen molar-refractivity contribution in [1.29, 1.82) is 0 Å². The standard InChI is InChI=1S/C17H24N6O2/c1-4-14-13(11-22(3)20-14)16(24)19-12-6-5-8-23(10-12)15-17(25)21(2)9-7-18-15/h7,9,11-12H,4-6,8,10H2,1-3H3,(H,19,24)/t12-/m1/s1. The molecule has 1 aliphatic heterocycles. The van der Waals surface area contributed by atoms with E-state index in [0.29, 0.717) is 24.3 Å². The molecule has 3 heterocycles. The molecule has 1 fully saturated rings. The lowest BCUT2D eigenvalue weighted by Crippen LogP contribution is -2.49. The van der Waals surface area contributed by atoms with Crippen LogP contribution in [-0.2, 0) is 20.5 Å². The number of hydrogen-bond donors (Lipinski definition) is 1. The van der Waals surface area contributed by atoms with Gasteiger partial charge < -0.3 is 14.8 Å². The van der Waals surface area contributed by atoms with Gasteiger partial charge in [0.1, 0.15) is 0 Å². The zero-order valence-corrected chi connectivity index (χ0v) is 14.9. The second-order valence-electron chi connectivity index (χ2n) is 6.44. The summed E-state index contributed by atoms with van der Waals surface area (Å²) in [4.78, 5) is 31.1. The predicted octanol–water partition coefficient (Wildman–Crippen LogP) is 0.475. The van der Waals surface area contributed by atoms with Gasteiger partial charge in [0.15, 0.2) is 5.82 Å². The van der Waals surface area contributed by atoms with E-state index >= 15 is 0 Å². The van der Waals surface area contributed by atoms with E-state index < -0.39 is 0 Å². The Hall–Kier alpha value is -2.64. The Morgan fingerprint density at radius 2 is 2.20 bits per heavy atom. The summed E-state index contributed by atoms with van der Waals surface area (Å²) in [5.41, 5.74) is 1.30. The molecular formula is C17H24N6O2. The summed E-state index contributed by atoms with van der Waals surface area (Å²) in [5.74, 6) is 0.338. The number of amides is 1. The van der Waals surface area contributed by atoms with E-state index in [9.17, 15) is 9.59 Å². The summed E-state index contributed by atoms with van der Waals surface area (Å²) in [6.45, 7) is 3.34. The van der Waals surface area contributed by atoms with Gasteiger partial charge in [-0.1, -0.05) is 6.92 Å². The fraction of sp³-hybridized carbons (Fsp3) is 0.529. The van der Waals surface area contributed by atoms with Crippen LogP contribution in [0.1, 0.15) is 35.8 Å². The van der Waals surface area contributed by atoms with E-state index in [1.165, 1.54) is 4.57 Å². The highest BCUT2D eigenvalue weighted by atomic mass is 16.2. The van der Waals surface area contributed by atoms with Gasteiger partial charge in [-0.05, 0) is 19.3 Å². The highest BCUT2D eigenvalue weighted by Gasteiger charge is 2.25. The van der Waals surface area contributed by atoms with Gasteiger partial charge in [-0.3, -0.25) is 14.3 Å². The van der Waals surface area contributed by atoms with Gasteiger partial charge in [0, 0.05) is 51.8 Å². The smallest absolute Gasteiger partial charge is 0.293 e. The molecule has 0 unspecified atom stereocenters. The second kappa shape index (κ2) is 7.08. The first-order valence-electron chi connectivity index (χ1n) is 8.59. The molecule has 0 aliphatic carbocycles.